The molecule has 0 fully saturated rings. The van der Waals surface area contributed by atoms with Crippen LogP contribution in [0, 0.1) is 0 Å². The van der Waals surface area contributed by atoms with Gasteiger partial charge in [0.05, 0.1) is 13.0 Å². The van der Waals surface area contributed by atoms with Crippen LogP contribution in [0.1, 0.15) is 19.2 Å². The molecule has 0 N–H and O–H groups in total. The Morgan fingerprint density at radius 2 is 2.27 bits per heavy atom. The Labute approximate surface area is 90.9 Å². The van der Waals surface area contributed by atoms with Crippen LogP contribution in [0.2, 0.25) is 0 Å². The van der Waals surface area contributed by atoms with Crippen molar-refractivity contribution in [2.24, 2.45) is 0 Å². The average molecular weight is 209 g/mol. The van der Waals surface area contributed by atoms with Crippen molar-refractivity contribution < 1.29 is 4.79 Å². The molecule has 0 saturated carbocycles. The number of carbonyl (C=O) groups excluding carboxylic acids is 1. The van der Waals surface area contributed by atoms with Crippen molar-refractivity contribution >= 4 is 5.78 Å². The summed E-state index contributed by atoms with van der Waals surface area (Å²) in [5.41, 5.74) is 0. The molecule has 4 nitrogen and oxygen atoms in total. The van der Waals surface area contributed by atoms with E-state index in [1.165, 1.54) is 0 Å². The van der Waals surface area contributed by atoms with E-state index in [9.17, 15) is 4.79 Å². The summed E-state index contributed by atoms with van der Waals surface area (Å²) in [6.45, 7) is 3.54. The van der Waals surface area contributed by atoms with Crippen LogP contribution in [0.5, 0.6) is 0 Å². The van der Waals surface area contributed by atoms with E-state index in [-0.39, 0.29) is 5.78 Å². The lowest BCUT2D eigenvalue weighted by Crippen LogP contribution is -2.24. The van der Waals surface area contributed by atoms with Crippen LogP contribution in [0.25, 0.3) is 0 Å². The van der Waals surface area contributed by atoms with Gasteiger partial charge in [-0.2, -0.15) is 0 Å². The van der Waals surface area contributed by atoms with Crippen LogP contribution in [0.3, 0.4) is 0 Å². The van der Waals surface area contributed by atoms with E-state index >= 15 is 0 Å². The lowest BCUT2D eigenvalue weighted by Gasteiger charge is -2.09. The fourth-order valence-corrected chi connectivity index (χ4v) is 1.54. The Morgan fingerprint density at radius 1 is 1.53 bits per heavy atom. The molecule has 0 spiro atoms. The molecule has 0 atom stereocenters. The average Bonchev–Trinajstić information content (AvgIpc) is 2.52. The first-order valence-electron chi connectivity index (χ1n) is 5.30. The minimum atomic E-state index is 0.212. The number of Topliss-reactive ketones (excluding diaryl/α,β-unsaturated/α-hetero) is 1. The Balaban J connectivity index is 2.55. The molecule has 84 valence electrons. The lowest BCUT2D eigenvalue weighted by molar-refractivity contribution is -0.119. The molecule has 0 saturated heterocycles. The number of aryl methyl sites for hydroxylation is 1. The fraction of sp³-hybridized carbons (Fsp3) is 0.636. The van der Waals surface area contributed by atoms with E-state index in [0.717, 1.165) is 18.8 Å². The zero-order valence-corrected chi connectivity index (χ0v) is 9.73. The van der Waals surface area contributed by atoms with Crippen molar-refractivity contribution in [1.29, 1.82) is 0 Å². The van der Waals surface area contributed by atoms with Gasteiger partial charge in [-0.15, -0.1) is 0 Å². The van der Waals surface area contributed by atoms with Crippen molar-refractivity contribution in [1.82, 2.24) is 14.5 Å². The number of ketones is 1. The lowest BCUT2D eigenvalue weighted by atomic mass is 10.2. The second kappa shape index (κ2) is 5.66. The van der Waals surface area contributed by atoms with E-state index < -0.39 is 0 Å². The molecule has 0 aliphatic heterocycles. The van der Waals surface area contributed by atoms with Gasteiger partial charge in [-0.3, -0.25) is 4.79 Å². The van der Waals surface area contributed by atoms with E-state index in [1.54, 1.807) is 6.20 Å². The van der Waals surface area contributed by atoms with Crippen LogP contribution < -0.4 is 0 Å². The van der Waals surface area contributed by atoms with Gasteiger partial charge in [-0.25, -0.2) is 4.98 Å². The highest BCUT2D eigenvalue weighted by atomic mass is 16.1. The normalized spacial score (nSPS) is 10.9. The smallest absolute Gasteiger partial charge is 0.154 e. The SMILES string of the molecule is CCCn1ccnc1CC(=O)CN(C)C. The highest BCUT2D eigenvalue weighted by Gasteiger charge is 2.09. The molecule has 15 heavy (non-hydrogen) atoms. The van der Waals surface area contributed by atoms with Crippen LogP contribution in [-0.4, -0.2) is 40.9 Å². The summed E-state index contributed by atoms with van der Waals surface area (Å²) in [6.07, 6.45) is 5.19. The van der Waals surface area contributed by atoms with Crippen molar-refractivity contribution in [2.75, 3.05) is 20.6 Å². The molecular formula is C11H19N3O. The molecule has 4 heteroatoms. The van der Waals surface area contributed by atoms with Gasteiger partial charge in [0.2, 0.25) is 0 Å². The Hall–Kier alpha value is -1.16. The number of rotatable bonds is 6. The van der Waals surface area contributed by atoms with Crippen molar-refractivity contribution in [3.63, 3.8) is 0 Å². The minimum Gasteiger partial charge on any atom is -0.335 e. The summed E-state index contributed by atoms with van der Waals surface area (Å²) < 4.78 is 2.05. The third-order valence-corrected chi connectivity index (χ3v) is 2.11. The number of aromatic nitrogens is 2. The summed E-state index contributed by atoms with van der Waals surface area (Å²) in [4.78, 5) is 17.7. The number of likely N-dealkylation sites (N-methyl/N-ethyl adjacent to an activating group) is 1. The molecule has 0 aromatic carbocycles. The summed E-state index contributed by atoms with van der Waals surface area (Å²) in [7, 11) is 3.80. The maximum Gasteiger partial charge on any atom is 0.154 e. The molecule has 0 unspecified atom stereocenters. The second-order valence-electron chi connectivity index (χ2n) is 3.99. The molecule has 0 amide bonds. The summed E-state index contributed by atoms with van der Waals surface area (Å²) >= 11 is 0. The van der Waals surface area contributed by atoms with Crippen molar-refractivity contribution in [2.45, 2.75) is 26.3 Å². The van der Waals surface area contributed by atoms with Gasteiger partial charge in [0.25, 0.3) is 0 Å². The standard InChI is InChI=1S/C11H19N3O/c1-4-6-14-7-5-12-11(14)8-10(15)9-13(2)3/h5,7H,4,6,8-9H2,1-3H3. The molecule has 0 aliphatic carbocycles. The molecule has 1 rings (SSSR count). The summed E-state index contributed by atoms with van der Waals surface area (Å²) in [5, 5.41) is 0. The Morgan fingerprint density at radius 3 is 2.87 bits per heavy atom. The third-order valence-electron chi connectivity index (χ3n) is 2.11. The van der Waals surface area contributed by atoms with Gasteiger partial charge >= 0.3 is 0 Å². The zero-order valence-electron chi connectivity index (χ0n) is 9.73. The number of hydrogen-bond acceptors (Lipinski definition) is 3. The molecule has 0 radical (unpaired) electrons. The predicted molar refractivity (Wildman–Crippen MR) is 59.8 cm³/mol. The van der Waals surface area contributed by atoms with E-state index in [1.807, 2.05) is 29.8 Å². The monoisotopic (exact) mass is 209 g/mol. The Kier molecular flexibility index (Phi) is 4.49. The number of carbonyl (C=O) groups is 1. The number of nitrogens with zero attached hydrogens (tertiary/aromatic N) is 3. The van der Waals surface area contributed by atoms with Gasteiger partial charge in [0.1, 0.15) is 5.82 Å². The molecule has 0 bridgehead atoms. The quantitative estimate of drug-likeness (QED) is 0.700. The van der Waals surface area contributed by atoms with Gasteiger partial charge in [0, 0.05) is 18.9 Å². The van der Waals surface area contributed by atoms with Gasteiger partial charge in [0.15, 0.2) is 5.78 Å². The van der Waals surface area contributed by atoms with Crippen molar-refractivity contribution in [3.8, 4) is 0 Å². The summed E-state index contributed by atoms with van der Waals surface area (Å²) in [5.74, 6) is 1.09. The van der Waals surface area contributed by atoms with Crippen LogP contribution in [-0.2, 0) is 17.8 Å². The van der Waals surface area contributed by atoms with E-state index in [0.29, 0.717) is 13.0 Å². The summed E-state index contributed by atoms with van der Waals surface area (Å²) in [6, 6.07) is 0. The van der Waals surface area contributed by atoms with Gasteiger partial charge in [-0.05, 0) is 20.5 Å². The molecule has 0 aliphatic rings. The van der Waals surface area contributed by atoms with Crippen LogP contribution in [0.15, 0.2) is 12.4 Å². The molecular weight excluding hydrogens is 190 g/mol. The van der Waals surface area contributed by atoms with Gasteiger partial charge in [-0.1, -0.05) is 6.92 Å². The first-order chi connectivity index (χ1) is 7.13. The van der Waals surface area contributed by atoms with Crippen LogP contribution >= 0.6 is 0 Å². The third kappa shape index (κ3) is 3.83. The first kappa shape index (κ1) is 11.9. The van der Waals surface area contributed by atoms with Crippen molar-refractivity contribution in [3.05, 3.63) is 18.2 Å². The maximum absolute atomic E-state index is 11.6. The number of imidazole rings is 1. The minimum absolute atomic E-state index is 0.212. The van der Waals surface area contributed by atoms with E-state index in [4.69, 9.17) is 0 Å². The predicted octanol–water partition coefficient (Wildman–Crippen LogP) is 0.966. The highest BCUT2D eigenvalue weighted by Crippen LogP contribution is 2.01. The highest BCUT2D eigenvalue weighted by molar-refractivity contribution is 5.82. The maximum atomic E-state index is 11.6. The van der Waals surface area contributed by atoms with E-state index in [2.05, 4.69) is 11.9 Å². The van der Waals surface area contributed by atoms with Crippen LogP contribution in [0.4, 0.5) is 0 Å². The first-order valence-corrected chi connectivity index (χ1v) is 5.30. The topological polar surface area (TPSA) is 38.1 Å². The zero-order chi connectivity index (χ0) is 11.3. The fourth-order valence-electron chi connectivity index (χ4n) is 1.54. The van der Waals surface area contributed by atoms with Gasteiger partial charge < -0.3 is 9.47 Å². The largest absolute Gasteiger partial charge is 0.335 e. The molecule has 1 aromatic rings. The molecule has 1 aromatic heterocycles. The number of hydrogen-bond donors (Lipinski definition) is 0. The second-order valence-corrected chi connectivity index (χ2v) is 3.99. The molecule has 1 heterocycles. The Bertz CT molecular complexity index is 317.